The molecule has 1 amide bonds. The Kier molecular flexibility index (Phi) is 6.78. The number of aromatic nitrogens is 1. The Morgan fingerprint density at radius 3 is 2.52 bits per heavy atom. The van der Waals surface area contributed by atoms with Crippen LogP contribution < -0.4 is 5.73 Å². The fraction of sp³-hybridized carbons (Fsp3) is 0.120. The summed E-state index contributed by atoms with van der Waals surface area (Å²) in [5.74, 6) is -0.303. The Morgan fingerprint density at radius 1 is 1.10 bits per heavy atom. The number of fused-ring (bicyclic) bond motifs is 1. The lowest BCUT2D eigenvalue weighted by Crippen LogP contribution is -2.10. The van der Waals surface area contributed by atoms with E-state index < -0.39 is 5.91 Å². The summed E-state index contributed by atoms with van der Waals surface area (Å²) in [6.45, 7) is 4.50. The van der Waals surface area contributed by atoms with Crippen LogP contribution in [0.1, 0.15) is 32.6 Å². The smallest absolute Gasteiger partial charge is 0.248 e. The topological polar surface area (TPSA) is 92.1 Å². The van der Waals surface area contributed by atoms with Crippen molar-refractivity contribution in [1.29, 1.82) is 5.41 Å². The number of aromatic hydroxyl groups is 1. The third-order valence-corrected chi connectivity index (χ3v) is 5.48. The molecule has 158 valence electrons. The first kappa shape index (κ1) is 22.1. The van der Waals surface area contributed by atoms with Gasteiger partial charge in [0.1, 0.15) is 5.75 Å². The van der Waals surface area contributed by atoms with E-state index in [1.165, 1.54) is 23.9 Å². The molecular weight excluding hydrogens is 410 g/mol. The number of nitrogens with one attached hydrogen (secondary N) is 1. The van der Waals surface area contributed by atoms with Crippen LogP contribution in [0.25, 0.3) is 10.9 Å². The summed E-state index contributed by atoms with van der Waals surface area (Å²) >= 11 is 6.18. The number of hydrogen-bond acceptors (Lipinski definition) is 3. The Labute approximate surface area is 186 Å². The van der Waals surface area contributed by atoms with Gasteiger partial charge in [0, 0.05) is 46.0 Å². The number of nitrogens with two attached hydrogens (primary N) is 1. The number of phenolic OH excluding ortho intramolecular Hbond substituents is 1. The third-order valence-electron chi connectivity index (χ3n) is 5.07. The second-order valence-electron chi connectivity index (χ2n) is 7.32. The zero-order valence-electron chi connectivity index (χ0n) is 17.4. The molecule has 6 heteroatoms. The summed E-state index contributed by atoms with van der Waals surface area (Å²) in [6, 6.07) is 18.8. The van der Waals surface area contributed by atoms with Crippen molar-refractivity contribution >= 4 is 34.6 Å². The number of carbonyl (C=O) groups is 1. The SMILES string of the molecule is Cc1cc(C(N)=O)ccc1O.Cc1ccc(Cn2ccc3c(C=N)cccc32)cc1Cl. The molecule has 4 aromatic rings. The largest absolute Gasteiger partial charge is 0.508 e. The minimum atomic E-state index is -0.479. The summed E-state index contributed by atoms with van der Waals surface area (Å²) in [5, 5.41) is 18.4. The fourth-order valence-corrected chi connectivity index (χ4v) is 3.45. The fourth-order valence-electron chi connectivity index (χ4n) is 3.25. The van der Waals surface area contributed by atoms with Crippen LogP contribution in [0.5, 0.6) is 5.75 Å². The van der Waals surface area contributed by atoms with Gasteiger partial charge in [-0.05, 0) is 66.9 Å². The molecule has 0 aliphatic carbocycles. The molecule has 1 heterocycles. The third kappa shape index (κ3) is 5.13. The van der Waals surface area contributed by atoms with Crippen LogP contribution in [0.2, 0.25) is 5.02 Å². The molecule has 0 spiro atoms. The molecule has 0 fully saturated rings. The minimum absolute atomic E-state index is 0.176. The Morgan fingerprint density at radius 2 is 1.87 bits per heavy atom. The highest BCUT2D eigenvalue weighted by Gasteiger charge is 2.06. The van der Waals surface area contributed by atoms with Gasteiger partial charge < -0.3 is 20.8 Å². The number of aryl methyl sites for hydroxylation is 2. The number of phenols is 1. The van der Waals surface area contributed by atoms with E-state index in [0.29, 0.717) is 11.1 Å². The molecule has 0 aliphatic rings. The number of rotatable bonds is 4. The Hall–Kier alpha value is -3.57. The molecule has 0 saturated heterocycles. The number of halogens is 1. The van der Waals surface area contributed by atoms with Gasteiger partial charge >= 0.3 is 0 Å². The quantitative estimate of drug-likeness (QED) is 0.373. The summed E-state index contributed by atoms with van der Waals surface area (Å²) in [4.78, 5) is 10.6. The second-order valence-corrected chi connectivity index (χ2v) is 7.72. The standard InChI is InChI=1S/C17H15ClN2.C8H9NO2/c1-12-5-6-13(9-16(12)18)11-20-8-7-15-14(10-19)3-2-4-17(15)20;1-5-4-6(8(9)11)2-3-7(5)10/h2-10,19H,11H2,1H3;2-4,10H,1H3,(H2,9,11). The number of nitrogens with zero attached hydrogens (tertiary/aromatic N) is 1. The predicted molar refractivity (Wildman–Crippen MR) is 126 cm³/mol. The molecule has 0 unspecified atom stereocenters. The first-order valence-corrected chi connectivity index (χ1v) is 10.1. The van der Waals surface area contributed by atoms with Crippen molar-refractivity contribution in [3.63, 3.8) is 0 Å². The van der Waals surface area contributed by atoms with Crippen molar-refractivity contribution in [1.82, 2.24) is 4.57 Å². The highest BCUT2D eigenvalue weighted by Crippen LogP contribution is 2.22. The van der Waals surface area contributed by atoms with Gasteiger partial charge in [-0.25, -0.2) is 0 Å². The van der Waals surface area contributed by atoms with Gasteiger partial charge in [-0.1, -0.05) is 35.9 Å². The van der Waals surface area contributed by atoms with E-state index in [4.69, 9.17) is 27.9 Å². The number of carbonyl (C=O) groups excluding carboxylic acids is 1. The average molecular weight is 434 g/mol. The van der Waals surface area contributed by atoms with Crippen molar-refractivity contribution in [3.05, 3.63) is 99.7 Å². The number of hydrogen-bond donors (Lipinski definition) is 3. The molecule has 0 radical (unpaired) electrons. The lowest BCUT2D eigenvalue weighted by Gasteiger charge is -2.08. The van der Waals surface area contributed by atoms with Crippen LogP contribution in [0.3, 0.4) is 0 Å². The highest BCUT2D eigenvalue weighted by molar-refractivity contribution is 6.31. The van der Waals surface area contributed by atoms with Crippen molar-refractivity contribution in [2.75, 3.05) is 0 Å². The molecule has 5 nitrogen and oxygen atoms in total. The zero-order valence-corrected chi connectivity index (χ0v) is 18.1. The molecule has 0 atom stereocenters. The van der Waals surface area contributed by atoms with Gasteiger partial charge in [-0.2, -0.15) is 0 Å². The van der Waals surface area contributed by atoms with Crippen molar-refractivity contribution in [2.45, 2.75) is 20.4 Å². The normalized spacial score (nSPS) is 10.4. The average Bonchev–Trinajstić information content (AvgIpc) is 3.16. The van der Waals surface area contributed by atoms with Crippen molar-refractivity contribution in [3.8, 4) is 5.75 Å². The number of amides is 1. The van der Waals surface area contributed by atoms with E-state index in [1.807, 2.05) is 31.2 Å². The monoisotopic (exact) mass is 433 g/mol. The molecule has 0 aliphatic heterocycles. The maximum atomic E-state index is 10.6. The molecule has 0 saturated carbocycles. The van der Waals surface area contributed by atoms with Crippen LogP contribution in [0.4, 0.5) is 0 Å². The summed E-state index contributed by atoms with van der Waals surface area (Å²) in [5.41, 5.74) is 10.4. The maximum Gasteiger partial charge on any atom is 0.248 e. The highest BCUT2D eigenvalue weighted by atomic mass is 35.5. The van der Waals surface area contributed by atoms with Crippen LogP contribution in [-0.2, 0) is 6.54 Å². The lowest BCUT2D eigenvalue weighted by atomic mass is 10.1. The molecule has 31 heavy (non-hydrogen) atoms. The molecule has 3 aromatic carbocycles. The molecular formula is C25H24ClN3O2. The van der Waals surface area contributed by atoms with Crippen LogP contribution in [-0.4, -0.2) is 21.8 Å². The Balaban J connectivity index is 0.000000210. The van der Waals surface area contributed by atoms with Crippen LogP contribution in [0.15, 0.2) is 66.9 Å². The lowest BCUT2D eigenvalue weighted by molar-refractivity contribution is 0.1000. The molecule has 0 bridgehead atoms. The van der Waals surface area contributed by atoms with E-state index in [2.05, 4.69) is 29.0 Å². The van der Waals surface area contributed by atoms with Crippen LogP contribution >= 0.6 is 11.6 Å². The van der Waals surface area contributed by atoms with E-state index >= 15 is 0 Å². The molecule has 1 aromatic heterocycles. The molecule has 4 rings (SSSR count). The van der Waals surface area contributed by atoms with E-state index in [0.717, 1.165) is 33.6 Å². The first-order valence-electron chi connectivity index (χ1n) is 9.73. The van der Waals surface area contributed by atoms with Gasteiger partial charge in [0.2, 0.25) is 5.91 Å². The van der Waals surface area contributed by atoms with Crippen LogP contribution in [0, 0.1) is 19.3 Å². The first-order chi connectivity index (χ1) is 14.8. The second kappa shape index (κ2) is 9.49. The van der Waals surface area contributed by atoms with Gasteiger partial charge in [0.05, 0.1) is 0 Å². The van der Waals surface area contributed by atoms with Gasteiger partial charge in [-0.15, -0.1) is 0 Å². The van der Waals surface area contributed by atoms with Crippen molar-refractivity contribution in [2.24, 2.45) is 5.73 Å². The summed E-state index contributed by atoms with van der Waals surface area (Å²) < 4.78 is 2.18. The summed E-state index contributed by atoms with van der Waals surface area (Å²) in [6.07, 6.45) is 3.46. The number of benzene rings is 3. The van der Waals surface area contributed by atoms with E-state index in [1.54, 1.807) is 13.0 Å². The maximum absolute atomic E-state index is 10.6. The van der Waals surface area contributed by atoms with Gasteiger partial charge in [0.25, 0.3) is 0 Å². The number of primary amides is 1. The minimum Gasteiger partial charge on any atom is -0.508 e. The Bertz CT molecular complexity index is 1260. The van der Waals surface area contributed by atoms with Gasteiger partial charge in [-0.3, -0.25) is 4.79 Å². The summed E-state index contributed by atoms with van der Waals surface area (Å²) in [7, 11) is 0. The van der Waals surface area contributed by atoms with Gasteiger partial charge in [0.15, 0.2) is 0 Å². The van der Waals surface area contributed by atoms with E-state index in [-0.39, 0.29) is 5.75 Å². The molecule has 4 N–H and O–H groups in total. The predicted octanol–water partition coefficient (Wildman–Crippen LogP) is 5.45. The van der Waals surface area contributed by atoms with Crippen molar-refractivity contribution < 1.29 is 9.90 Å². The van der Waals surface area contributed by atoms with E-state index in [9.17, 15) is 4.79 Å². The zero-order chi connectivity index (χ0) is 22.5.